The number of hydrogen-bond donors (Lipinski definition) is 1. The van der Waals surface area contributed by atoms with Crippen molar-refractivity contribution in [2.24, 2.45) is 0 Å². The Hall–Kier alpha value is -0.730. The first kappa shape index (κ1) is 13.3. The van der Waals surface area contributed by atoms with Gasteiger partial charge in [0.15, 0.2) is 6.23 Å². The maximum atomic E-state index is 5.66. The van der Waals surface area contributed by atoms with Crippen LogP contribution in [0.3, 0.4) is 0 Å². The first-order valence-electron chi connectivity index (χ1n) is 6.14. The zero-order chi connectivity index (χ0) is 13.4. The van der Waals surface area contributed by atoms with Crippen molar-refractivity contribution in [1.82, 2.24) is 10.2 Å². The molecule has 0 radical (unpaired) electrons. The summed E-state index contributed by atoms with van der Waals surface area (Å²) >= 11 is 3.91. The van der Waals surface area contributed by atoms with Gasteiger partial charge in [-0.1, -0.05) is 37.3 Å². The van der Waals surface area contributed by atoms with E-state index in [1.807, 2.05) is 0 Å². The van der Waals surface area contributed by atoms with E-state index in [0.717, 1.165) is 10.1 Å². The number of benzene rings is 1. The van der Waals surface area contributed by atoms with Gasteiger partial charge in [0.1, 0.15) is 11.1 Å². The molecular weight excluding hydrogens is 373 g/mol. The van der Waals surface area contributed by atoms with Crippen LogP contribution >= 0.6 is 33.9 Å². The monoisotopic (exact) mass is 387 g/mol. The summed E-state index contributed by atoms with van der Waals surface area (Å²) in [7, 11) is 0. The summed E-state index contributed by atoms with van der Waals surface area (Å²) in [6.45, 7) is 4.24. The fourth-order valence-corrected chi connectivity index (χ4v) is 3.15. The molecule has 1 aromatic heterocycles. The highest BCUT2D eigenvalue weighted by Gasteiger charge is 2.41. The summed E-state index contributed by atoms with van der Waals surface area (Å²) < 4.78 is 6.88. The van der Waals surface area contributed by atoms with Gasteiger partial charge in [0.05, 0.1) is 0 Å². The van der Waals surface area contributed by atoms with Crippen molar-refractivity contribution in [1.29, 1.82) is 0 Å². The van der Waals surface area contributed by atoms with Gasteiger partial charge in [-0.15, -0.1) is 10.2 Å². The molecule has 0 saturated carbocycles. The normalized spacial score (nSPS) is 21.7. The molecule has 2 heterocycles. The first-order valence-corrected chi connectivity index (χ1v) is 8.04. The van der Waals surface area contributed by atoms with Crippen LogP contribution in [0.4, 0.5) is 5.13 Å². The minimum atomic E-state index is 0.0196. The van der Waals surface area contributed by atoms with Crippen molar-refractivity contribution in [3.8, 4) is 0 Å². The molecule has 1 saturated heterocycles. The number of aromatic nitrogens is 2. The van der Waals surface area contributed by atoms with Crippen LogP contribution < -0.4 is 5.32 Å². The maximum Gasteiger partial charge on any atom is 0.207 e. The molecule has 2 aromatic rings. The zero-order valence-electron chi connectivity index (χ0n) is 10.6. The molecule has 0 spiro atoms. The molecule has 6 heteroatoms. The predicted octanol–water partition coefficient (Wildman–Crippen LogP) is 3.78. The van der Waals surface area contributed by atoms with Gasteiger partial charge in [0.2, 0.25) is 5.13 Å². The predicted molar refractivity (Wildman–Crippen MR) is 84.4 cm³/mol. The molecule has 0 aliphatic carbocycles. The molecule has 0 amide bonds. The van der Waals surface area contributed by atoms with Gasteiger partial charge >= 0.3 is 0 Å². The standard InChI is InChI=1S/C13H14IN3OS/c1-7(2)12-16-17-13(19-12)15-11-10(18-11)8-4-3-5-9(14)6-8/h3-7,10-11H,1-2H3,(H,15,17). The lowest BCUT2D eigenvalue weighted by atomic mass is 10.1. The third-order valence-corrected chi connectivity index (χ3v) is 4.70. The topological polar surface area (TPSA) is 50.3 Å². The Morgan fingerprint density at radius 2 is 2.21 bits per heavy atom. The second kappa shape index (κ2) is 5.34. The van der Waals surface area contributed by atoms with Crippen molar-refractivity contribution in [3.05, 3.63) is 38.4 Å². The average Bonchev–Trinajstić information content (AvgIpc) is 2.96. The highest BCUT2D eigenvalue weighted by molar-refractivity contribution is 14.1. The summed E-state index contributed by atoms with van der Waals surface area (Å²) in [6.07, 6.45) is 0.146. The van der Waals surface area contributed by atoms with Crippen LogP contribution in [-0.2, 0) is 4.74 Å². The number of epoxide rings is 1. The third kappa shape index (κ3) is 3.06. The van der Waals surface area contributed by atoms with Crippen LogP contribution in [0.15, 0.2) is 24.3 Å². The number of nitrogens with zero attached hydrogens (tertiary/aromatic N) is 2. The van der Waals surface area contributed by atoms with Gasteiger partial charge in [0.25, 0.3) is 0 Å². The van der Waals surface area contributed by atoms with E-state index < -0.39 is 0 Å². The Labute approximate surface area is 129 Å². The van der Waals surface area contributed by atoms with E-state index in [1.165, 1.54) is 9.13 Å². The van der Waals surface area contributed by atoms with Gasteiger partial charge in [-0.25, -0.2) is 0 Å². The third-order valence-electron chi connectivity index (χ3n) is 2.87. The maximum absolute atomic E-state index is 5.66. The summed E-state index contributed by atoms with van der Waals surface area (Å²) in [6, 6.07) is 8.37. The molecule has 0 bridgehead atoms. The van der Waals surface area contributed by atoms with Crippen molar-refractivity contribution in [2.75, 3.05) is 5.32 Å². The lowest BCUT2D eigenvalue weighted by molar-refractivity contribution is 0.386. The Kier molecular flexibility index (Phi) is 3.72. The lowest BCUT2D eigenvalue weighted by Crippen LogP contribution is -2.03. The lowest BCUT2D eigenvalue weighted by Gasteiger charge is -1.98. The highest BCUT2D eigenvalue weighted by atomic mass is 127. The van der Waals surface area contributed by atoms with E-state index in [4.69, 9.17) is 4.74 Å². The van der Waals surface area contributed by atoms with Gasteiger partial charge in [-0.3, -0.25) is 0 Å². The first-order chi connectivity index (χ1) is 9.13. The number of anilines is 1. The quantitative estimate of drug-likeness (QED) is 0.641. The fraction of sp³-hybridized carbons (Fsp3) is 0.385. The molecule has 2 atom stereocenters. The molecule has 1 fully saturated rings. The molecule has 1 aromatic carbocycles. The van der Waals surface area contributed by atoms with Crippen LogP contribution in [0.2, 0.25) is 0 Å². The van der Waals surface area contributed by atoms with E-state index in [1.54, 1.807) is 11.3 Å². The summed E-state index contributed by atoms with van der Waals surface area (Å²) in [5, 5.41) is 13.5. The number of rotatable bonds is 4. The smallest absolute Gasteiger partial charge is 0.207 e. The van der Waals surface area contributed by atoms with Crippen LogP contribution in [0.5, 0.6) is 0 Å². The van der Waals surface area contributed by atoms with Crippen molar-refractivity contribution >= 4 is 39.1 Å². The molecule has 1 aliphatic heterocycles. The molecule has 1 N–H and O–H groups in total. The fourth-order valence-electron chi connectivity index (χ4n) is 1.81. The molecule has 100 valence electrons. The molecule has 4 nitrogen and oxygen atoms in total. The summed E-state index contributed by atoms with van der Waals surface area (Å²) in [5.41, 5.74) is 1.21. The van der Waals surface area contributed by atoms with E-state index in [-0.39, 0.29) is 12.3 Å². The number of hydrogen-bond acceptors (Lipinski definition) is 5. The second-order valence-electron chi connectivity index (χ2n) is 4.78. The van der Waals surface area contributed by atoms with Crippen molar-refractivity contribution in [2.45, 2.75) is 32.1 Å². The van der Waals surface area contributed by atoms with Crippen LogP contribution in [-0.4, -0.2) is 16.4 Å². The Bertz CT molecular complexity index is 587. The Morgan fingerprint density at radius 1 is 1.37 bits per heavy atom. The average molecular weight is 387 g/mol. The van der Waals surface area contributed by atoms with E-state index >= 15 is 0 Å². The largest absolute Gasteiger partial charge is 0.343 e. The Balaban J connectivity index is 1.64. The molecule has 2 unspecified atom stereocenters. The number of nitrogens with one attached hydrogen (secondary N) is 1. The second-order valence-corrected chi connectivity index (χ2v) is 7.03. The zero-order valence-corrected chi connectivity index (χ0v) is 13.6. The van der Waals surface area contributed by atoms with Crippen molar-refractivity contribution in [3.63, 3.8) is 0 Å². The molecule has 1 aliphatic rings. The van der Waals surface area contributed by atoms with Gasteiger partial charge in [-0.05, 0) is 40.3 Å². The highest BCUT2D eigenvalue weighted by Crippen LogP contribution is 2.40. The minimum absolute atomic E-state index is 0.0196. The van der Waals surface area contributed by atoms with Gasteiger partial charge in [0, 0.05) is 9.49 Å². The van der Waals surface area contributed by atoms with E-state index in [2.05, 4.69) is 76.2 Å². The van der Waals surface area contributed by atoms with Gasteiger partial charge in [-0.2, -0.15) is 0 Å². The summed E-state index contributed by atoms with van der Waals surface area (Å²) in [4.78, 5) is 0. The SMILES string of the molecule is CC(C)c1nnc(NC2OC2c2cccc(I)c2)s1. The van der Waals surface area contributed by atoms with Crippen LogP contribution in [0.25, 0.3) is 0 Å². The van der Waals surface area contributed by atoms with E-state index in [0.29, 0.717) is 5.92 Å². The van der Waals surface area contributed by atoms with Gasteiger partial charge < -0.3 is 10.1 Å². The number of halogens is 1. The van der Waals surface area contributed by atoms with Crippen LogP contribution in [0, 0.1) is 3.57 Å². The Morgan fingerprint density at radius 3 is 2.89 bits per heavy atom. The molecule has 19 heavy (non-hydrogen) atoms. The molecular formula is C13H14IN3OS. The number of ether oxygens (including phenoxy) is 1. The molecule has 3 rings (SSSR count). The minimum Gasteiger partial charge on any atom is -0.343 e. The van der Waals surface area contributed by atoms with Crippen LogP contribution in [0.1, 0.15) is 36.4 Å². The van der Waals surface area contributed by atoms with Crippen molar-refractivity contribution < 1.29 is 4.74 Å². The van der Waals surface area contributed by atoms with E-state index in [9.17, 15) is 0 Å². The summed E-state index contributed by atoms with van der Waals surface area (Å²) in [5.74, 6) is 0.416.